The van der Waals surface area contributed by atoms with E-state index >= 15 is 0 Å². The Morgan fingerprint density at radius 3 is 2.50 bits per heavy atom. The molecule has 3 atom stereocenters. The molecule has 0 saturated heterocycles. The molecule has 3 heteroatoms. The maximum Gasteiger partial charge on any atom is 0.0584 e. The summed E-state index contributed by atoms with van der Waals surface area (Å²) >= 11 is 4.75. The monoisotopic (exact) mass is 394 g/mol. The molecule has 1 N–H and O–H groups in total. The zero-order valence-electron chi connectivity index (χ0n) is 7.56. The van der Waals surface area contributed by atoms with E-state index in [1.54, 1.807) is 0 Å². The van der Waals surface area contributed by atoms with Crippen LogP contribution in [0.2, 0.25) is 0 Å². The molecule has 3 unspecified atom stereocenters. The average molecular weight is 394 g/mol. The Hall–Kier alpha value is 1.16. The Morgan fingerprint density at radius 2 is 2.17 bits per heavy atom. The normalized spacial score (nSPS) is 21.1. The van der Waals surface area contributed by atoms with E-state index in [9.17, 15) is 0 Å². The number of rotatable bonds is 5. The number of aliphatic hydroxyl groups is 1. The number of halogens is 2. The molecule has 12 heavy (non-hydrogen) atoms. The zero-order chi connectivity index (χ0) is 9.78. The minimum atomic E-state index is -0.0131. The molecule has 0 saturated carbocycles. The van der Waals surface area contributed by atoms with Gasteiger partial charge in [-0.15, -0.1) is 6.58 Å². The van der Waals surface area contributed by atoms with Crippen molar-refractivity contribution in [3.8, 4) is 0 Å². The highest BCUT2D eigenvalue weighted by atomic mass is 127. The number of aliphatic hydroxyl groups excluding tert-OH is 1. The summed E-state index contributed by atoms with van der Waals surface area (Å²) in [5, 5.41) is 9.14. The van der Waals surface area contributed by atoms with Gasteiger partial charge in [-0.05, 0) is 19.3 Å². The molecular formula is C9H16I2O. The Labute approximate surface area is 102 Å². The van der Waals surface area contributed by atoms with Gasteiger partial charge in [0.2, 0.25) is 0 Å². The number of hydrogen-bond acceptors (Lipinski definition) is 1. The predicted molar refractivity (Wildman–Crippen MR) is 71.3 cm³/mol. The van der Waals surface area contributed by atoms with Gasteiger partial charge in [0.05, 0.1) is 10.0 Å². The largest absolute Gasteiger partial charge is 0.395 e. The van der Waals surface area contributed by atoms with E-state index in [0.29, 0.717) is 9.84 Å². The molecule has 0 aliphatic rings. The maximum absolute atomic E-state index is 9.14. The van der Waals surface area contributed by atoms with Crippen molar-refractivity contribution in [3.63, 3.8) is 0 Å². The molecule has 0 amide bonds. The lowest BCUT2D eigenvalue weighted by atomic mass is 9.95. The molecule has 0 aliphatic heterocycles. The van der Waals surface area contributed by atoms with Crippen LogP contribution in [0.3, 0.4) is 0 Å². The fourth-order valence-corrected chi connectivity index (χ4v) is 2.17. The number of alkyl halides is 2. The van der Waals surface area contributed by atoms with Gasteiger partial charge in [-0.1, -0.05) is 58.2 Å². The van der Waals surface area contributed by atoms with Crippen LogP contribution in [0.4, 0.5) is 0 Å². The summed E-state index contributed by atoms with van der Waals surface area (Å²) in [5.74, 6) is 0.581. The smallest absolute Gasteiger partial charge is 0.0584 e. The van der Waals surface area contributed by atoms with Gasteiger partial charge in [-0.2, -0.15) is 0 Å². The van der Waals surface area contributed by atoms with Crippen LogP contribution in [0.25, 0.3) is 0 Å². The van der Waals surface area contributed by atoms with Crippen molar-refractivity contribution in [2.45, 2.75) is 27.6 Å². The van der Waals surface area contributed by atoms with Crippen LogP contribution in [0.1, 0.15) is 20.3 Å². The van der Waals surface area contributed by atoms with Crippen LogP contribution in [0.15, 0.2) is 12.7 Å². The summed E-state index contributed by atoms with van der Waals surface area (Å²) in [6.07, 6.45) is 2.96. The van der Waals surface area contributed by atoms with Gasteiger partial charge in [-0.25, -0.2) is 0 Å². The van der Waals surface area contributed by atoms with Crippen LogP contribution in [0.5, 0.6) is 0 Å². The highest BCUT2D eigenvalue weighted by molar-refractivity contribution is 14.1. The topological polar surface area (TPSA) is 20.2 Å². The van der Waals surface area contributed by atoms with Gasteiger partial charge >= 0.3 is 0 Å². The third-order valence-electron chi connectivity index (χ3n) is 1.92. The Kier molecular flexibility index (Phi) is 6.36. The molecule has 1 nitrogen and oxygen atoms in total. The second-order valence-corrected chi connectivity index (χ2v) is 7.15. The third kappa shape index (κ3) is 3.91. The lowest BCUT2D eigenvalue weighted by molar-refractivity contribution is 0.253. The molecule has 0 bridgehead atoms. The molecule has 72 valence electrons. The summed E-state index contributed by atoms with van der Waals surface area (Å²) < 4.78 is 0.472. The van der Waals surface area contributed by atoms with Gasteiger partial charge in [0.15, 0.2) is 0 Å². The molecule has 0 rings (SSSR count). The maximum atomic E-state index is 9.14. The van der Waals surface area contributed by atoms with Crippen molar-refractivity contribution in [1.29, 1.82) is 0 Å². The summed E-state index contributed by atoms with van der Waals surface area (Å²) in [4.78, 5) is 0. The van der Waals surface area contributed by atoms with Gasteiger partial charge in [0.25, 0.3) is 0 Å². The van der Waals surface area contributed by atoms with E-state index in [1.807, 2.05) is 6.08 Å². The van der Waals surface area contributed by atoms with E-state index < -0.39 is 0 Å². The summed E-state index contributed by atoms with van der Waals surface area (Å²) in [6.45, 7) is 8.25. The first-order valence-electron chi connectivity index (χ1n) is 4.00. The standard InChI is InChI=1S/C9H16I2O/c1-4-5-7(2)8(10)9(3,11)6-12/h4,7-8,12H,1,5-6H2,2-3H3. The fraction of sp³-hybridized carbons (Fsp3) is 0.778. The van der Waals surface area contributed by atoms with Crippen LogP contribution >= 0.6 is 45.2 Å². The van der Waals surface area contributed by atoms with E-state index in [1.165, 1.54) is 0 Å². The SMILES string of the molecule is C=CCC(C)C(I)C(C)(I)CO. The molecule has 0 heterocycles. The van der Waals surface area contributed by atoms with Crippen LogP contribution in [-0.2, 0) is 0 Å². The minimum absolute atomic E-state index is 0.0131. The highest BCUT2D eigenvalue weighted by Gasteiger charge is 2.31. The Morgan fingerprint density at radius 1 is 1.67 bits per heavy atom. The first-order valence-corrected chi connectivity index (χ1v) is 6.33. The molecule has 0 fully saturated rings. The molecular weight excluding hydrogens is 378 g/mol. The van der Waals surface area contributed by atoms with Crippen molar-refractivity contribution < 1.29 is 5.11 Å². The van der Waals surface area contributed by atoms with Gasteiger partial charge < -0.3 is 5.11 Å². The molecule has 0 aliphatic carbocycles. The predicted octanol–water partition coefficient (Wildman–Crippen LogP) is 3.19. The highest BCUT2D eigenvalue weighted by Crippen LogP contribution is 2.34. The van der Waals surface area contributed by atoms with E-state index in [2.05, 4.69) is 65.6 Å². The van der Waals surface area contributed by atoms with Crippen molar-refractivity contribution in [2.24, 2.45) is 5.92 Å². The van der Waals surface area contributed by atoms with Crippen LogP contribution in [-0.4, -0.2) is 19.1 Å². The van der Waals surface area contributed by atoms with Crippen molar-refractivity contribution in [2.75, 3.05) is 6.61 Å². The molecule has 0 aromatic carbocycles. The first-order chi connectivity index (χ1) is 5.45. The number of hydrogen-bond donors (Lipinski definition) is 1. The van der Waals surface area contributed by atoms with Crippen molar-refractivity contribution >= 4 is 45.2 Å². The second kappa shape index (κ2) is 5.80. The van der Waals surface area contributed by atoms with E-state index in [4.69, 9.17) is 5.11 Å². The average Bonchev–Trinajstić information content (AvgIpc) is 2.03. The van der Waals surface area contributed by atoms with Crippen molar-refractivity contribution in [3.05, 3.63) is 12.7 Å². The Bertz CT molecular complexity index is 145. The molecule has 0 aromatic rings. The molecule has 0 spiro atoms. The minimum Gasteiger partial charge on any atom is -0.395 e. The van der Waals surface area contributed by atoms with Crippen LogP contribution < -0.4 is 0 Å². The second-order valence-electron chi connectivity index (χ2n) is 3.34. The lowest BCUT2D eigenvalue weighted by Crippen LogP contribution is -2.36. The lowest BCUT2D eigenvalue weighted by Gasteiger charge is -2.30. The fourth-order valence-electron chi connectivity index (χ4n) is 1.06. The van der Waals surface area contributed by atoms with Gasteiger partial charge in [-0.3, -0.25) is 0 Å². The summed E-state index contributed by atoms with van der Waals surface area (Å²) in [5.41, 5.74) is 0. The van der Waals surface area contributed by atoms with Crippen molar-refractivity contribution in [1.82, 2.24) is 0 Å². The Balaban J connectivity index is 4.16. The van der Waals surface area contributed by atoms with Gasteiger partial charge in [0, 0.05) is 3.92 Å². The summed E-state index contributed by atoms with van der Waals surface area (Å²) in [6, 6.07) is 0. The summed E-state index contributed by atoms with van der Waals surface area (Å²) in [7, 11) is 0. The molecule has 0 aromatic heterocycles. The number of allylic oxidation sites excluding steroid dienone is 1. The quantitative estimate of drug-likeness (QED) is 0.432. The van der Waals surface area contributed by atoms with E-state index in [-0.39, 0.29) is 10.0 Å². The van der Waals surface area contributed by atoms with Gasteiger partial charge in [0.1, 0.15) is 0 Å². The zero-order valence-corrected chi connectivity index (χ0v) is 11.9. The molecule has 0 radical (unpaired) electrons. The first kappa shape index (κ1) is 13.2. The van der Waals surface area contributed by atoms with E-state index in [0.717, 1.165) is 6.42 Å². The third-order valence-corrected chi connectivity index (χ3v) is 6.73. The van der Waals surface area contributed by atoms with Crippen LogP contribution in [0, 0.1) is 5.92 Å².